The number of methoxy groups -OCH3 is 1. The molecule has 1 aromatic rings. The molecule has 1 aliphatic rings. The van der Waals surface area contributed by atoms with Gasteiger partial charge in [-0.2, -0.15) is 0 Å². The maximum atomic E-state index is 6.18. The van der Waals surface area contributed by atoms with Crippen LogP contribution in [0.3, 0.4) is 0 Å². The third-order valence-corrected chi connectivity index (χ3v) is 4.10. The first kappa shape index (κ1) is 16.3. The zero-order chi connectivity index (χ0) is 15.5. The Morgan fingerprint density at radius 3 is 2.86 bits per heavy atom. The van der Waals surface area contributed by atoms with Crippen LogP contribution in [0.15, 0.2) is 18.2 Å². The summed E-state index contributed by atoms with van der Waals surface area (Å²) in [6.07, 6.45) is 1.96. The van der Waals surface area contributed by atoms with E-state index in [1.165, 1.54) is 11.1 Å². The van der Waals surface area contributed by atoms with Crippen molar-refractivity contribution in [2.45, 2.75) is 38.3 Å². The first-order valence-electron chi connectivity index (χ1n) is 7.68. The van der Waals surface area contributed by atoms with E-state index >= 15 is 0 Å². The lowest BCUT2D eigenvalue weighted by Crippen LogP contribution is -2.32. The smallest absolute Gasteiger partial charge is 0.128 e. The highest BCUT2D eigenvalue weighted by atomic mass is 16.5. The lowest BCUT2D eigenvalue weighted by molar-refractivity contribution is 0.132. The first-order chi connectivity index (χ1) is 9.98. The molecule has 0 amide bonds. The van der Waals surface area contributed by atoms with Gasteiger partial charge in [-0.15, -0.1) is 0 Å². The van der Waals surface area contributed by atoms with E-state index < -0.39 is 0 Å². The number of nitrogens with two attached hydrogens (primary N) is 1. The molecule has 0 fully saturated rings. The SMILES string of the molecule is COCCCN(C)C(CN)c1cccc2c1OC(C)(C)C2. The van der Waals surface area contributed by atoms with Gasteiger partial charge in [-0.1, -0.05) is 18.2 Å². The van der Waals surface area contributed by atoms with Crippen LogP contribution in [-0.2, 0) is 11.2 Å². The van der Waals surface area contributed by atoms with Crippen molar-refractivity contribution in [3.63, 3.8) is 0 Å². The van der Waals surface area contributed by atoms with Crippen molar-refractivity contribution in [3.8, 4) is 5.75 Å². The number of likely N-dealkylation sites (N-methyl/N-ethyl adjacent to an activating group) is 1. The van der Waals surface area contributed by atoms with Gasteiger partial charge >= 0.3 is 0 Å². The largest absolute Gasteiger partial charge is 0.487 e. The van der Waals surface area contributed by atoms with Gasteiger partial charge in [0, 0.05) is 38.8 Å². The molecule has 0 saturated heterocycles. The van der Waals surface area contributed by atoms with Crippen LogP contribution in [0, 0.1) is 0 Å². The Labute approximate surface area is 128 Å². The van der Waals surface area contributed by atoms with Crippen molar-refractivity contribution >= 4 is 0 Å². The standard InChI is InChI=1S/C17H28N2O2/c1-17(2)11-13-7-5-8-14(16(13)21-17)15(12-18)19(3)9-6-10-20-4/h5,7-8,15H,6,9-12,18H2,1-4H3. The number of para-hydroxylation sites is 1. The molecule has 0 radical (unpaired) electrons. The molecule has 0 aromatic heterocycles. The highest BCUT2D eigenvalue weighted by molar-refractivity contribution is 5.47. The molecule has 0 aliphatic carbocycles. The van der Waals surface area contributed by atoms with Crippen molar-refractivity contribution in [1.29, 1.82) is 0 Å². The lowest BCUT2D eigenvalue weighted by Gasteiger charge is -2.29. The van der Waals surface area contributed by atoms with Gasteiger partial charge in [-0.25, -0.2) is 0 Å². The lowest BCUT2D eigenvalue weighted by atomic mass is 9.97. The fourth-order valence-electron chi connectivity index (χ4n) is 3.06. The summed E-state index contributed by atoms with van der Waals surface area (Å²) in [6, 6.07) is 6.60. The zero-order valence-electron chi connectivity index (χ0n) is 13.7. The van der Waals surface area contributed by atoms with Crippen LogP contribution in [0.25, 0.3) is 0 Å². The minimum Gasteiger partial charge on any atom is -0.487 e. The third-order valence-electron chi connectivity index (χ3n) is 4.10. The molecular weight excluding hydrogens is 264 g/mol. The molecule has 4 heteroatoms. The Kier molecular flexibility index (Phi) is 5.25. The Morgan fingerprint density at radius 2 is 2.19 bits per heavy atom. The summed E-state index contributed by atoms with van der Waals surface area (Å²) in [7, 11) is 3.85. The highest BCUT2D eigenvalue weighted by Crippen LogP contribution is 2.40. The van der Waals surface area contributed by atoms with E-state index in [0.717, 1.165) is 31.7 Å². The number of hydrogen-bond donors (Lipinski definition) is 1. The quantitative estimate of drug-likeness (QED) is 0.784. The summed E-state index contributed by atoms with van der Waals surface area (Å²) >= 11 is 0. The van der Waals surface area contributed by atoms with Crippen LogP contribution in [0.5, 0.6) is 5.75 Å². The van der Waals surface area contributed by atoms with Crippen molar-refractivity contribution in [1.82, 2.24) is 4.90 Å². The van der Waals surface area contributed by atoms with Gasteiger partial charge in [-0.05, 0) is 32.9 Å². The highest BCUT2D eigenvalue weighted by Gasteiger charge is 2.33. The molecular formula is C17H28N2O2. The van der Waals surface area contributed by atoms with Gasteiger partial charge in [0.1, 0.15) is 11.4 Å². The Morgan fingerprint density at radius 1 is 1.43 bits per heavy atom. The number of benzene rings is 1. The zero-order valence-corrected chi connectivity index (χ0v) is 13.7. The molecule has 0 spiro atoms. The number of nitrogens with zero attached hydrogens (tertiary/aromatic N) is 1. The monoisotopic (exact) mass is 292 g/mol. The molecule has 2 N–H and O–H groups in total. The predicted molar refractivity (Wildman–Crippen MR) is 85.8 cm³/mol. The van der Waals surface area contributed by atoms with Crippen LogP contribution in [0.4, 0.5) is 0 Å². The van der Waals surface area contributed by atoms with E-state index in [1.54, 1.807) is 7.11 Å². The van der Waals surface area contributed by atoms with Gasteiger partial charge in [0.25, 0.3) is 0 Å². The summed E-state index contributed by atoms with van der Waals surface area (Å²) in [5, 5.41) is 0. The fraction of sp³-hybridized carbons (Fsp3) is 0.647. The molecule has 21 heavy (non-hydrogen) atoms. The van der Waals surface area contributed by atoms with E-state index in [2.05, 4.69) is 44.0 Å². The minimum absolute atomic E-state index is 0.119. The molecule has 2 rings (SSSR count). The van der Waals surface area contributed by atoms with Crippen molar-refractivity contribution < 1.29 is 9.47 Å². The molecule has 1 heterocycles. The Hall–Kier alpha value is -1.10. The normalized spacial score (nSPS) is 17.6. The number of rotatable bonds is 7. The fourth-order valence-corrected chi connectivity index (χ4v) is 3.06. The minimum atomic E-state index is -0.119. The van der Waals surface area contributed by atoms with Crippen molar-refractivity contribution in [2.24, 2.45) is 5.73 Å². The maximum absolute atomic E-state index is 6.18. The van der Waals surface area contributed by atoms with Gasteiger partial charge < -0.3 is 15.2 Å². The second-order valence-corrected chi connectivity index (χ2v) is 6.45. The summed E-state index contributed by atoms with van der Waals surface area (Å²) in [4.78, 5) is 2.29. The van der Waals surface area contributed by atoms with E-state index in [4.69, 9.17) is 15.2 Å². The molecule has 0 bridgehead atoms. The maximum Gasteiger partial charge on any atom is 0.128 e. The van der Waals surface area contributed by atoms with Gasteiger partial charge in [0.2, 0.25) is 0 Å². The second kappa shape index (κ2) is 6.77. The van der Waals surface area contributed by atoms with Crippen molar-refractivity contribution in [2.75, 3.05) is 33.9 Å². The van der Waals surface area contributed by atoms with Gasteiger partial charge in [0.15, 0.2) is 0 Å². The van der Waals surface area contributed by atoms with Crippen LogP contribution < -0.4 is 10.5 Å². The van der Waals surface area contributed by atoms with Gasteiger partial charge in [0.05, 0.1) is 6.04 Å². The number of hydrogen-bond acceptors (Lipinski definition) is 4. The number of ether oxygens (including phenoxy) is 2. The Balaban J connectivity index is 2.18. The first-order valence-corrected chi connectivity index (χ1v) is 7.68. The molecule has 1 atom stereocenters. The predicted octanol–water partition coefficient (Wildman–Crippen LogP) is 2.37. The summed E-state index contributed by atoms with van der Waals surface area (Å²) in [5.74, 6) is 1.04. The van der Waals surface area contributed by atoms with Crippen LogP contribution >= 0.6 is 0 Å². The molecule has 0 saturated carbocycles. The topological polar surface area (TPSA) is 47.7 Å². The van der Waals surface area contributed by atoms with Crippen LogP contribution in [0.2, 0.25) is 0 Å². The average Bonchev–Trinajstić information content (AvgIpc) is 2.74. The summed E-state index contributed by atoms with van der Waals surface area (Å²) < 4.78 is 11.3. The molecule has 1 unspecified atom stereocenters. The van der Waals surface area contributed by atoms with Crippen LogP contribution in [0.1, 0.15) is 37.4 Å². The summed E-state index contributed by atoms with van der Waals surface area (Å²) in [6.45, 7) is 6.59. The third kappa shape index (κ3) is 3.76. The van der Waals surface area contributed by atoms with Crippen molar-refractivity contribution in [3.05, 3.63) is 29.3 Å². The Bertz CT molecular complexity index is 474. The van der Waals surface area contributed by atoms with E-state index in [9.17, 15) is 0 Å². The van der Waals surface area contributed by atoms with E-state index in [0.29, 0.717) is 6.54 Å². The van der Waals surface area contributed by atoms with E-state index in [-0.39, 0.29) is 11.6 Å². The summed E-state index contributed by atoms with van der Waals surface area (Å²) in [5.41, 5.74) is 8.43. The van der Waals surface area contributed by atoms with Gasteiger partial charge in [-0.3, -0.25) is 4.90 Å². The molecule has 4 nitrogen and oxygen atoms in total. The number of fused-ring (bicyclic) bond motifs is 1. The van der Waals surface area contributed by atoms with Crippen LogP contribution in [-0.4, -0.2) is 44.4 Å². The second-order valence-electron chi connectivity index (χ2n) is 6.45. The molecule has 1 aliphatic heterocycles. The molecule has 118 valence electrons. The molecule has 1 aromatic carbocycles. The average molecular weight is 292 g/mol. The van der Waals surface area contributed by atoms with E-state index in [1.807, 2.05) is 0 Å².